The summed E-state index contributed by atoms with van der Waals surface area (Å²) in [6, 6.07) is 13.5. The number of aromatic nitrogens is 6. The van der Waals surface area contributed by atoms with E-state index in [4.69, 9.17) is 0 Å². The molecule has 4 aromatic rings. The highest BCUT2D eigenvalue weighted by Gasteiger charge is 2.18. The van der Waals surface area contributed by atoms with Gasteiger partial charge in [-0.2, -0.15) is 9.90 Å². The minimum absolute atomic E-state index is 0.286. The highest BCUT2D eigenvalue weighted by atomic mass is 16.2. The summed E-state index contributed by atoms with van der Waals surface area (Å²) in [6.45, 7) is 5.81. The van der Waals surface area contributed by atoms with Gasteiger partial charge in [0.2, 0.25) is 0 Å². The zero-order valence-electron chi connectivity index (χ0n) is 16.7. The number of nitrogens with one attached hydrogen (secondary N) is 1. The minimum atomic E-state index is -0.311. The number of carbonyl (C=O) groups excluding carboxylic acids is 1. The molecule has 0 fully saturated rings. The molecule has 0 aliphatic heterocycles. The number of anilines is 1. The summed E-state index contributed by atoms with van der Waals surface area (Å²) in [4.78, 5) is 14.3. The van der Waals surface area contributed by atoms with Gasteiger partial charge in [0.1, 0.15) is 6.33 Å². The van der Waals surface area contributed by atoms with Crippen molar-refractivity contribution in [1.29, 1.82) is 0 Å². The van der Waals surface area contributed by atoms with Crippen LogP contribution >= 0.6 is 0 Å². The topological polar surface area (TPSA) is 90.5 Å². The maximum atomic E-state index is 12.8. The predicted octanol–water partition coefficient (Wildman–Crippen LogP) is 3.24. The summed E-state index contributed by atoms with van der Waals surface area (Å²) in [7, 11) is 1.87. The summed E-state index contributed by atoms with van der Waals surface area (Å²) in [5.74, 6) is 0.409. The number of amides is 1. The van der Waals surface area contributed by atoms with E-state index < -0.39 is 0 Å². The van der Waals surface area contributed by atoms with E-state index in [0.29, 0.717) is 11.4 Å². The molecule has 2 heterocycles. The quantitative estimate of drug-likeness (QED) is 0.580. The first-order valence-electron chi connectivity index (χ1n) is 9.20. The highest BCUT2D eigenvalue weighted by Crippen LogP contribution is 2.21. The maximum absolute atomic E-state index is 12.8. The average Bonchev–Trinajstić information content (AvgIpc) is 3.27. The molecule has 0 aliphatic carbocycles. The zero-order valence-corrected chi connectivity index (χ0v) is 16.7. The molecule has 0 saturated carbocycles. The van der Waals surface area contributed by atoms with Gasteiger partial charge in [0, 0.05) is 18.3 Å². The Morgan fingerprint density at radius 2 is 1.86 bits per heavy atom. The normalized spacial score (nSPS) is 10.9. The lowest BCUT2D eigenvalue weighted by Crippen LogP contribution is -2.14. The first kappa shape index (κ1) is 18.5. The summed E-state index contributed by atoms with van der Waals surface area (Å²) in [5.41, 5.74) is 5.41. The van der Waals surface area contributed by atoms with Crippen LogP contribution in [0.25, 0.3) is 17.1 Å². The van der Waals surface area contributed by atoms with Crippen molar-refractivity contribution in [3.05, 3.63) is 71.3 Å². The fourth-order valence-corrected chi connectivity index (χ4v) is 3.20. The van der Waals surface area contributed by atoms with Crippen LogP contribution in [0.1, 0.15) is 27.3 Å². The Morgan fingerprint density at radius 3 is 2.59 bits per heavy atom. The summed E-state index contributed by atoms with van der Waals surface area (Å²) < 4.78 is 1.82. The molecule has 0 spiro atoms. The van der Waals surface area contributed by atoms with Gasteiger partial charge in [-0.15, -0.1) is 15.3 Å². The van der Waals surface area contributed by atoms with Crippen molar-refractivity contribution in [3.63, 3.8) is 0 Å². The van der Waals surface area contributed by atoms with Gasteiger partial charge in [0.05, 0.1) is 11.4 Å². The number of benzene rings is 2. The zero-order chi connectivity index (χ0) is 20.5. The van der Waals surface area contributed by atoms with Crippen molar-refractivity contribution in [2.45, 2.75) is 20.8 Å². The van der Waals surface area contributed by atoms with Crippen LogP contribution in [0.3, 0.4) is 0 Å². The van der Waals surface area contributed by atoms with Gasteiger partial charge in [-0.1, -0.05) is 29.8 Å². The Kier molecular flexibility index (Phi) is 4.67. The van der Waals surface area contributed by atoms with Crippen LogP contribution in [0.5, 0.6) is 0 Å². The molecule has 2 aromatic carbocycles. The fourth-order valence-electron chi connectivity index (χ4n) is 3.20. The molecule has 0 aliphatic rings. The number of nitrogens with zero attached hydrogens (tertiary/aromatic N) is 6. The van der Waals surface area contributed by atoms with Gasteiger partial charge in [-0.05, 0) is 44.5 Å². The van der Waals surface area contributed by atoms with E-state index in [9.17, 15) is 4.79 Å². The van der Waals surface area contributed by atoms with Gasteiger partial charge in [0.15, 0.2) is 11.5 Å². The Bertz CT molecular complexity index is 1210. The number of carbonyl (C=O) groups is 1. The summed E-state index contributed by atoms with van der Waals surface area (Å²) in [6.07, 6.45) is 1.63. The molecule has 4 rings (SSSR count). The molecule has 0 radical (unpaired) electrons. The van der Waals surface area contributed by atoms with Crippen molar-refractivity contribution in [1.82, 2.24) is 29.8 Å². The highest BCUT2D eigenvalue weighted by molar-refractivity contribution is 6.03. The number of rotatable bonds is 4. The average molecular weight is 387 g/mol. The van der Waals surface area contributed by atoms with Crippen LogP contribution < -0.4 is 5.32 Å². The lowest BCUT2D eigenvalue weighted by Gasteiger charge is -2.06. The van der Waals surface area contributed by atoms with Crippen LogP contribution in [0.4, 0.5) is 5.69 Å². The molecule has 0 saturated heterocycles. The third-order valence-electron chi connectivity index (χ3n) is 4.66. The number of hydrogen-bond donors (Lipinski definition) is 1. The van der Waals surface area contributed by atoms with E-state index in [1.165, 1.54) is 4.80 Å². The lowest BCUT2D eigenvalue weighted by molar-refractivity contribution is 0.102. The van der Waals surface area contributed by atoms with Crippen molar-refractivity contribution in [2.75, 3.05) is 5.32 Å². The molecule has 8 nitrogen and oxygen atoms in total. The first-order valence-corrected chi connectivity index (χ1v) is 9.20. The van der Waals surface area contributed by atoms with Crippen molar-refractivity contribution in [2.24, 2.45) is 7.05 Å². The Labute approximate surface area is 168 Å². The summed E-state index contributed by atoms with van der Waals surface area (Å²) in [5, 5.41) is 19.7. The van der Waals surface area contributed by atoms with E-state index in [1.807, 2.05) is 61.9 Å². The van der Waals surface area contributed by atoms with Gasteiger partial charge in [-0.3, -0.25) is 4.79 Å². The number of hydrogen-bond acceptors (Lipinski definition) is 5. The smallest absolute Gasteiger partial charge is 0.278 e. The largest absolute Gasteiger partial charge is 0.321 e. The Balaban J connectivity index is 1.60. The molecule has 8 heteroatoms. The van der Waals surface area contributed by atoms with Gasteiger partial charge >= 0.3 is 0 Å². The van der Waals surface area contributed by atoms with E-state index in [-0.39, 0.29) is 11.6 Å². The second-order valence-electron chi connectivity index (χ2n) is 7.01. The molecule has 2 aromatic heterocycles. The standard InChI is InChI=1S/C21H21N7O/c1-13-8-9-18(14(2)10-13)28-25-15(3)19(26-28)21(29)23-17-7-5-6-16(11-17)20-24-22-12-27(20)4/h5-12H,1-4H3,(H,23,29). The van der Waals surface area contributed by atoms with Crippen LogP contribution in [-0.4, -0.2) is 35.7 Å². The van der Waals surface area contributed by atoms with Crippen molar-refractivity contribution < 1.29 is 4.79 Å². The predicted molar refractivity (Wildman–Crippen MR) is 110 cm³/mol. The van der Waals surface area contributed by atoms with Gasteiger partial charge < -0.3 is 9.88 Å². The second-order valence-corrected chi connectivity index (χ2v) is 7.01. The van der Waals surface area contributed by atoms with Crippen LogP contribution in [0, 0.1) is 20.8 Å². The second kappa shape index (κ2) is 7.31. The van der Waals surface area contributed by atoms with Crippen molar-refractivity contribution in [3.8, 4) is 17.1 Å². The maximum Gasteiger partial charge on any atom is 0.278 e. The Morgan fingerprint density at radius 1 is 1.03 bits per heavy atom. The SMILES string of the molecule is Cc1ccc(-n2nc(C)c(C(=O)Nc3cccc(-c4nncn4C)c3)n2)c(C)c1. The molecule has 0 bridgehead atoms. The molecule has 146 valence electrons. The Hall–Kier alpha value is -3.81. The first-order chi connectivity index (χ1) is 13.9. The van der Waals surface area contributed by atoms with E-state index in [1.54, 1.807) is 13.3 Å². The van der Waals surface area contributed by atoms with Crippen molar-refractivity contribution >= 4 is 11.6 Å². The minimum Gasteiger partial charge on any atom is -0.321 e. The molecular weight excluding hydrogens is 366 g/mol. The third-order valence-corrected chi connectivity index (χ3v) is 4.66. The summed E-state index contributed by atoms with van der Waals surface area (Å²) >= 11 is 0. The molecule has 1 N–H and O–H groups in total. The third kappa shape index (κ3) is 3.64. The van der Waals surface area contributed by atoms with E-state index in [0.717, 1.165) is 28.2 Å². The van der Waals surface area contributed by atoms with E-state index >= 15 is 0 Å². The van der Waals surface area contributed by atoms with Crippen LogP contribution in [0.2, 0.25) is 0 Å². The number of aryl methyl sites for hydroxylation is 4. The van der Waals surface area contributed by atoms with Gasteiger partial charge in [-0.25, -0.2) is 0 Å². The van der Waals surface area contributed by atoms with Crippen LogP contribution in [0.15, 0.2) is 48.8 Å². The molecule has 1 amide bonds. The molecule has 0 unspecified atom stereocenters. The van der Waals surface area contributed by atoms with Gasteiger partial charge in [0.25, 0.3) is 5.91 Å². The monoisotopic (exact) mass is 387 g/mol. The molecule has 0 atom stereocenters. The fraction of sp³-hybridized carbons (Fsp3) is 0.190. The molecular formula is C21H21N7O. The van der Waals surface area contributed by atoms with Crippen LogP contribution in [-0.2, 0) is 7.05 Å². The van der Waals surface area contributed by atoms with E-state index in [2.05, 4.69) is 31.8 Å². The lowest BCUT2D eigenvalue weighted by atomic mass is 10.1. The molecule has 29 heavy (non-hydrogen) atoms.